The van der Waals surface area contributed by atoms with Crippen LogP contribution in [0.1, 0.15) is 16.1 Å². The molecule has 23 heavy (non-hydrogen) atoms. The van der Waals surface area contributed by atoms with Crippen molar-refractivity contribution in [3.63, 3.8) is 0 Å². The van der Waals surface area contributed by atoms with E-state index in [1.165, 1.54) is 5.56 Å². The summed E-state index contributed by atoms with van der Waals surface area (Å²) >= 11 is 0. The molecular weight excluding hydrogens is 292 g/mol. The Labute approximate surface area is 136 Å². The lowest BCUT2D eigenvalue weighted by Crippen LogP contribution is -2.49. The molecule has 0 radical (unpaired) electrons. The van der Waals surface area contributed by atoms with E-state index in [1.807, 2.05) is 17.0 Å². The van der Waals surface area contributed by atoms with Gasteiger partial charge in [-0.2, -0.15) is 0 Å². The first-order valence-corrected chi connectivity index (χ1v) is 7.94. The normalized spacial score (nSPS) is 15.6. The van der Waals surface area contributed by atoms with Crippen LogP contribution in [-0.2, 0) is 6.42 Å². The highest BCUT2D eigenvalue weighted by molar-refractivity contribution is 5.91. The van der Waals surface area contributed by atoms with Crippen molar-refractivity contribution < 1.29 is 13.9 Å². The van der Waals surface area contributed by atoms with Crippen molar-refractivity contribution in [3.05, 3.63) is 54.0 Å². The molecule has 2 aromatic rings. The molecule has 1 aliphatic rings. The van der Waals surface area contributed by atoms with Gasteiger partial charge in [0.1, 0.15) is 5.75 Å². The molecule has 1 saturated heterocycles. The van der Waals surface area contributed by atoms with Gasteiger partial charge < -0.3 is 14.1 Å². The van der Waals surface area contributed by atoms with E-state index >= 15 is 0 Å². The third-order valence-electron chi connectivity index (χ3n) is 4.27. The average Bonchev–Trinajstić information content (AvgIpc) is 3.15. The summed E-state index contributed by atoms with van der Waals surface area (Å²) in [5, 5.41) is 0. The number of benzene rings is 1. The van der Waals surface area contributed by atoms with Crippen molar-refractivity contribution in [3.8, 4) is 5.75 Å². The zero-order valence-corrected chi connectivity index (χ0v) is 13.4. The van der Waals surface area contributed by atoms with Crippen molar-refractivity contribution in [2.75, 3.05) is 39.8 Å². The first-order chi connectivity index (χ1) is 11.3. The van der Waals surface area contributed by atoms with Crippen molar-refractivity contribution in [1.29, 1.82) is 0 Å². The molecule has 1 aliphatic heterocycles. The number of carbonyl (C=O) groups excluding carboxylic acids is 1. The van der Waals surface area contributed by atoms with Crippen molar-refractivity contribution in [2.45, 2.75) is 6.42 Å². The molecule has 2 heterocycles. The Morgan fingerprint density at radius 2 is 1.87 bits per heavy atom. The average molecular weight is 314 g/mol. The number of furan rings is 1. The Hall–Kier alpha value is -2.27. The van der Waals surface area contributed by atoms with Gasteiger partial charge in [0, 0.05) is 32.7 Å². The third-order valence-corrected chi connectivity index (χ3v) is 4.27. The van der Waals surface area contributed by atoms with E-state index in [4.69, 9.17) is 9.15 Å². The maximum Gasteiger partial charge on any atom is 0.289 e. The zero-order valence-electron chi connectivity index (χ0n) is 13.4. The number of piperazine rings is 1. The Balaban J connectivity index is 1.44. The first kappa shape index (κ1) is 15.6. The van der Waals surface area contributed by atoms with Gasteiger partial charge in [0.2, 0.25) is 0 Å². The van der Waals surface area contributed by atoms with Gasteiger partial charge in [0.05, 0.1) is 13.4 Å². The number of methoxy groups -OCH3 is 1. The predicted molar refractivity (Wildman–Crippen MR) is 87.7 cm³/mol. The number of nitrogens with zero attached hydrogens (tertiary/aromatic N) is 2. The van der Waals surface area contributed by atoms with Crippen LogP contribution in [-0.4, -0.2) is 55.5 Å². The summed E-state index contributed by atoms with van der Waals surface area (Å²) in [4.78, 5) is 16.5. The van der Waals surface area contributed by atoms with Gasteiger partial charge in [-0.25, -0.2) is 0 Å². The fourth-order valence-corrected chi connectivity index (χ4v) is 2.81. The van der Waals surface area contributed by atoms with E-state index in [2.05, 4.69) is 17.0 Å². The van der Waals surface area contributed by atoms with Crippen LogP contribution in [0.4, 0.5) is 0 Å². The minimum Gasteiger partial charge on any atom is -0.497 e. The smallest absolute Gasteiger partial charge is 0.289 e. The van der Waals surface area contributed by atoms with E-state index in [1.54, 1.807) is 25.5 Å². The molecule has 0 spiro atoms. The van der Waals surface area contributed by atoms with Crippen molar-refractivity contribution in [1.82, 2.24) is 9.80 Å². The summed E-state index contributed by atoms with van der Waals surface area (Å²) in [5.74, 6) is 1.31. The molecule has 0 N–H and O–H groups in total. The molecule has 5 nitrogen and oxygen atoms in total. The molecule has 3 rings (SSSR count). The summed E-state index contributed by atoms with van der Waals surface area (Å²) in [6, 6.07) is 11.7. The Kier molecular flexibility index (Phi) is 4.98. The maximum absolute atomic E-state index is 12.2. The van der Waals surface area contributed by atoms with Crippen LogP contribution >= 0.6 is 0 Å². The third kappa shape index (κ3) is 3.93. The summed E-state index contributed by atoms with van der Waals surface area (Å²) in [6.45, 7) is 4.32. The van der Waals surface area contributed by atoms with Crippen LogP contribution in [0, 0.1) is 0 Å². The lowest BCUT2D eigenvalue weighted by atomic mass is 10.1. The van der Waals surface area contributed by atoms with Crippen LogP contribution in [0.2, 0.25) is 0 Å². The van der Waals surface area contributed by atoms with Gasteiger partial charge in [-0.15, -0.1) is 0 Å². The lowest BCUT2D eigenvalue weighted by molar-refractivity contribution is 0.0607. The second kappa shape index (κ2) is 7.33. The quantitative estimate of drug-likeness (QED) is 0.849. The number of rotatable bonds is 5. The van der Waals surface area contributed by atoms with E-state index in [0.29, 0.717) is 5.76 Å². The van der Waals surface area contributed by atoms with E-state index in [0.717, 1.165) is 44.9 Å². The largest absolute Gasteiger partial charge is 0.497 e. The second-order valence-corrected chi connectivity index (χ2v) is 5.71. The second-order valence-electron chi connectivity index (χ2n) is 5.71. The van der Waals surface area contributed by atoms with E-state index in [-0.39, 0.29) is 5.91 Å². The monoisotopic (exact) mass is 314 g/mol. The topological polar surface area (TPSA) is 45.9 Å². The molecule has 5 heteroatoms. The zero-order chi connectivity index (χ0) is 16.1. The summed E-state index contributed by atoms with van der Waals surface area (Å²) in [5.41, 5.74) is 1.31. The van der Waals surface area contributed by atoms with Crippen LogP contribution in [0.3, 0.4) is 0 Å². The maximum atomic E-state index is 12.2. The van der Waals surface area contributed by atoms with Crippen LogP contribution in [0.5, 0.6) is 5.75 Å². The number of ether oxygens (including phenoxy) is 1. The van der Waals surface area contributed by atoms with Gasteiger partial charge >= 0.3 is 0 Å². The molecule has 122 valence electrons. The van der Waals surface area contributed by atoms with Crippen molar-refractivity contribution >= 4 is 5.91 Å². The SMILES string of the molecule is COc1ccc(CCN2CCN(C(=O)c3ccco3)CC2)cc1. The number of hydrogen-bond acceptors (Lipinski definition) is 4. The molecule has 0 unspecified atom stereocenters. The van der Waals surface area contributed by atoms with Gasteiger partial charge in [-0.3, -0.25) is 9.69 Å². The van der Waals surface area contributed by atoms with E-state index < -0.39 is 0 Å². The molecule has 0 atom stereocenters. The first-order valence-electron chi connectivity index (χ1n) is 7.94. The molecule has 0 saturated carbocycles. The molecule has 0 bridgehead atoms. The molecule has 1 fully saturated rings. The molecule has 0 aliphatic carbocycles. The van der Waals surface area contributed by atoms with Crippen LogP contribution in [0.15, 0.2) is 47.1 Å². The highest BCUT2D eigenvalue weighted by Gasteiger charge is 2.23. The number of amides is 1. The summed E-state index contributed by atoms with van der Waals surface area (Å²) in [6.07, 6.45) is 2.55. The number of carbonyl (C=O) groups is 1. The Bertz CT molecular complexity index is 614. The standard InChI is InChI=1S/C18H22N2O3/c1-22-16-6-4-15(5-7-16)8-9-19-10-12-20(13-11-19)18(21)17-3-2-14-23-17/h2-7,14H,8-13H2,1H3. The van der Waals surface area contributed by atoms with Crippen LogP contribution in [0.25, 0.3) is 0 Å². The molecule has 1 amide bonds. The van der Waals surface area contributed by atoms with E-state index in [9.17, 15) is 4.79 Å². The highest BCUT2D eigenvalue weighted by atomic mass is 16.5. The summed E-state index contributed by atoms with van der Waals surface area (Å²) < 4.78 is 10.4. The highest BCUT2D eigenvalue weighted by Crippen LogP contribution is 2.13. The molecule has 1 aromatic heterocycles. The van der Waals surface area contributed by atoms with Gasteiger partial charge in [0.15, 0.2) is 5.76 Å². The minimum atomic E-state index is -0.00944. The summed E-state index contributed by atoms with van der Waals surface area (Å²) in [7, 11) is 1.68. The molecule has 1 aromatic carbocycles. The Morgan fingerprint density at radius 3 is 2.48 bits per heavy atom. The fourth-order valence-electron chi connectivity index (χ4n) is 2.81. The van der Waals surface area contributed by atoms with Gasteiger partial charge in [-0.1, -0.05) is 12.1 Å². The Morgan fingerprint density at radius 1 is 1.13 bits per heavy atom. The fraction of sp³-hybridized carbons (Fsp3) is 0.389. The van der Waals surface area contributed by atoms with Gasteiger partial charge in [0.25, 0.3) is 5.91 Å². The van der Waals surface area contributed by atoms with Gasteiger partial charge in [-0.05, 0) is 36.2 Å². The minimum absolute atomic E-state index is 0.00944. The van der Waals surface area contributed by atoms with Crippen LogP contribution < -0.4 is 4.74 Å². The predicted octanol–water partition coefficient (Wildman–Crippen LogP) is 2.29. The molecular formula is C18H22N2O3. The number of hydrogen-bond donors (Lipinski definition) is 0. The van der Waals surface area contributed by atoms with Crippen molar-refractivity contribution in [2.24, 2.45) is 0 Å². The lowest BCUT2D eigenvalue weighted by Gasteiger charge is -2.34.